The van der Waals surface area contributed by atoms with Crippen LogP contribution in [0.25, 0.3) is 16.1 Å². The molecule has 0 atom stereocenters. The van der Waals surface area contributed by atoms with Gasteiger partial charge < -0.3 is 5.32 Å². The minimum atomic E-state index is -0.0392. The van der Waals surface area contributed by atoms with E-state index in [1.807, 2.05) is 58.6 Å². The second kappa shape index (κ2) is 7.94. The maximum absolute atomic E-state index is 12.4. The summed E-state index contributed by atoms with van der Waals surface area (Å²) in [6.45, 7) is 2.08. The van der Waals surface area contributed by atoms with Crippen molar-refractivity contribution in [2.45, 2.75) is 18.4 Å². The lowest BCUT2D eigenvalue weighted by Gasteiger charge is -2.09. The van der Waals surface area contributed by atoms with Gasteiger partial charge in [-0.15, -0.1) is 11.3 Å². The Kier molecular flexibility index (Phi) is 5.22. The summed E-state index contributed by atoms with van der Waals surface area (Å²) in [5, 5.41) is 10.4. The van der Waals surface area contributed by atoms with Crippen molar-refractivity contribution < 1.29 is 4.79 Å². The largest absolute Gasteiger partial charge is 0.325 e. The van der Waals surface area contributed by atoms with Crippen molar-refractivity contribution in [1.29, 1.82) is 0 Å². The second-order valence-corrected chi connectivity index (χ2v) is 7.83. The first kappa shape index (κ1) is 17.8. The van der Waals surface area contributed by atoms with Gasteiger partial charge >= 0.3 is 0 Å². The molecule has 0 saturated carbocycles. The molecule has 1 aromatic carbocycles. The number of thiophene rings is 1. The molecule has 3 aromatic heterocycles. The fourth-order valence-electron chi connectivity index (χ4n) is 2.82. The van der Waals surface area contributed by atoms with Crippen LogP contribution in [0.1, 0.15) is 12.5 Å². The molecule has 0 spiro atoms. The van der Waals surface area contributed by atoms with E-state index in [0.717, 1.165) is 38.8 Å². The highest BCUT2D eigenvalue weighted by Gasteiger charge is 2.12. The Morgan fingerprint density at radius 1 is 1.26 bits per heavy atom. The third kappa shape index (κ3) is 3.89. The fourth-order valence-corrected chi connectivity index (χ4v) is 4.28. The van der Waals surface area contributed by atoms with Crippen molar-refractivity contribution in [3.63, 3.8) is 0 Å². The summed E-state index contributed by atoms with van der Waals surface area (Å²) >= 11 is 3.07. The van der Waals surface area contributed by atoms with Crippen LogP contribution in [-0.2, 0) is 11.2 Å². The minimum absolute atomic E-state index is 0.0392. The Morgan fingerprint density at radius 3 is 2.96 bits per heavy atom. The molecule has 0 aliphatic heterocycles. The number of hydrogen-bond donors (Lipinski definition) is 1. The van der Waals surface area contributed by atoms with Gasteiger partial charge in [0.25, 0.3) is 0 Å². The molecule has 0 bridgehead atoms. The topological polar surface area (TPSA) is 59.3 Å². The van der Waals surface area contributed by atoms with Crippen molar-refractivity contribution in [1.82, 2.24) is 14.6 Å². The Morgan fingerprint density at radius 2 is 2.15 bits per heavy atom. The number of carbonyl (C=O) groups is 1. The number of carbonyl (C=O) groups excluding carboxylic acids is 1. The second-order valence-electron chi connectivity index (χ2n) is 5.92. The summed E-state index contributed by atoms with van der Waals surface area (Å²) in [7, 11) is 0. The lowest BCUT2D eigenvalue weighted by atomic mass is 10.1. The average molecular weight is 395 g/mol. The van der Waals surface area contributed by atoms with Gasteiger partial charge in [0.15, 0.2) is 0 Å². The standard InChI is InChI=1S/C20H18N4OS2/c1-2-14-6-3-4-7-15(14)22-19(25)13-27-20-17-12-16(18-8-5-11-26-18)23-24(17)10-9-21-20/h3-12H,2,13H2,1H3,(H,22,25). The third-order valence-corrected chi connectivity index (χ3v) is 6.03. The Bertz CT molecular complexity index is 1070. The molecular weight excluding hydrogens is 376 g/mol. The maximum atomic E-state index is 12.4. The van der Waals surface area contributed by atoms with E-state index in [4.69, 9.17) is 0 Å². The van der Waals surface area contributed by atoms with Crippen molar-refractivity contribution in [2.75, 3.05) is 11.1 Å². The number of rotatable bonds is 6. The average Bonchev–Trinajstić information content (AvgIpc) is 3.36. The van der Waals surface area contributed by atoms with Crippen LogP contribution in [0.3, 0.4) is 0 Å². The molecule has 0 aliphatic carbocycles. The van der Waals surface area contributed by atoms with Crippen molar-refractivity contribution in [3.8, 4) is 10.6 Å². The smallest absolute Gasteiger partial charge is 0.234 e. The van der Waals surface area contributed by atoms with Gasteiger partial charge in [-0.2, -0.15) is 5.10 Å². The maximum Gasteiger partial charge on any atom is 0.234 e. The molecule has 27 heavy (non-hydrogen) atoms. The molecule has 0 unspecified atom stereocenters. The monoisotopic (exact) mass is 394 g/mol. The Labute approximate surface area is 165 Å². The van der Waals surface area contributed by atoms with Crippen LogP contribution < -0.4 is 5.32 Å². The molecule has 3 heterocycles. The van der Waals surface area contributed by atoms with Crippen LogP contribution in [0.15, 0.2) is 65.3 Å². The first-order valence-corrected chi connectivity index (χ1v) is 10.5. The molecule has 0 radical (unpaired) electrons. The zero-order valence-corrected chi connectivity index (χ0v) is 16.4. The lowest BCUT2D eigenvalue weighted by Crippen LogP contribution is -2.15. The number of benzene rings is 1. The van der Waals surface area contributed by atoms with Crippen LogP contribution in [0.5, 0.6) is 0 Å². The molecule has 7 heteroatoms. The summed E-state index contributed by atoms with van der Waals surface area (Å²) in [5.74, 6) is 0.257. The molecule has 1 amide bonds. The van der Waals surface area contributed by atoms with Gasteiger partial charge in [0.1, 0.15) is 10.7 Å². The van der Waals surface area contributed by atoms with E-state index in [2.05, 4.69) is 22.3 Å². The number of para-hydroxylation sites is 1. The van der Waals surface area contributed by atoms with Gasteiger partial charge in [-0.25, -0.2) is 9.50 Å². The predicted octanol–water partition coefficient (Wildman–Crippen LogP) is 4.75. The van der Waals surface area contributed by atoms with Crippen LogP contribution in [0.4, 0.5) is 5.69 Å². The molecule has 0 saturated heterocycles. The fraction of sp³-hybridized carbons (Fsp3) is 0.150. The summed E-state index contributed by atoms with van der Waals surface area (Å²) in [4.78, 5) is 18.0. The number of nitrogens with zero attached hydrogens (tertiary/aromatic N) is 3. The molecule has 5 nitrogen and oxygen atoms in total. The van der Waals surface area contributed by atoms with Gasteiger partial charge in [-0.05, 0) is 35.6 Å². The van der Waals surface area contributed by atoms with Crippen molar-refractivity contribution in [3.05, 3.63) is 65.8 Å². The molecule has 1 N–H and O–H groups in total. The number of anilines is 1. The first-order chi connectivity index (χ1) is 13.2. The van der Waals surface area contributed by atoms with Gasteiger partial charge in [-0.1, -0.05) is 43.0 Å². The molecule has 4 rings (SSSR count). The van der Waals surface area contributed by atoms with E-state index in [1.165, 1.54) is 11.8 Å². The van der Waals surface area contributed by atoms with Gasteiger partial charge in [0.05, 0.1) is 16.1 Å². The first-order valence-electron chi connectivity index (χ1n) is 8.63. The van der Waals surface area contributed by atoms with Crippen molar-refractivity contribution in [2.24, 2.45) is 0 Å². The summed E-state index contributed by atoms with van der Waals surface area (Å²) < 4.78 is 1.81. The molecule has 136 valence electrons. The normalized spacial score (nSPS) is 11.0. The zero-order chi connectivity index (χ0) is 18.6. The number of amides is 1. The summed E-state index contributed by atoms with van der Waals surface area (Å²) in [6, 6.07) is 14.0. The van der Waals surface area contributed by atoms with Crippen LogP contribution in [0.2, 0.25) is 0 Å². The highest BCUT2D eigenvalue weighted by molar-refractivity contribution is 8.00. The molecular formula is C20H18N4OS2. The van der Waals surface area contributed by atoms with Gasteiger partial charge in [0, 0.05) is 18.1 Å². The van der Waals surface area contributed by atoms with E-state index >= 15 is 0 Å². The third-order valence-electron chi connectivity index (χ3n) is 4.14. The number of nitrogens with one attached hydrogen (secondary N) is 1. The number of aromatic nitrogens is 3. The van der Waals surface area contributed by atoms with E-state index in [0.29, 0.717) is 5.75 Å². The number of fused-ring (bicyclic) bond motifs is 1. The quantitative estimate of drug-likeness (QED) is 0.480. The molecule has 0 fully saturated rings. The zero-order valence-electron chi connectivity index (χ0n) is 14.8. The van der Waals surface area contributed by atoms with Crippen LogP contribution in [0, 0.1) is 0 Å². The molecule has 4 aromatic rings. The Hall–Kier alpha value is -2.64. The highest BCUT2D eigenvalue weighted by atomic mass is 32.2. The summed E-state index contributed by atoms with van der Waals surface area (Å²) in [6.07, 6.45) is 4.42. The van der Waals surface area contributed by atoms with Crippen molar-refractivity contribution >= 4 is 40.2 Å². The predicted molar refractivity (Wildman–Crippen MR) is 111 cm³/mol. The highest BCUT2D eigenvalue weighted by Crippen LogP contribution is 2.28. The van der Waals surface area contributed by atoms with E-state index in [-0.39, 0.29) is 5.91 Å². The van der Waals surface area contributed by atoms with Gasteiger partial charge in [0.2, 0.25) is 5.91 Å². The van der Waals surface area contributed by atoms with E-state index < -0.39 is 0 Å². The minimum Gasteiger partial charge on any atom is -0.325 e. The lowest BCUT2D eigenvalue weighted by molar-refractivity contribution is -0.113. The van der Waals surface area contributed by atoms with Crippen LogP contribution in [-0.4, -0.2) is 26.3 Å². The SMILES string of the molecule is CCc1ccccc1NC(=O)CSc1nccn2nc(-c3cccs3)cc12. The van der Waals surface area contributed by atoms with E-state index in [1.54, 1.807) is 17.5 Å². The number of thioether (sulfide) groups is 1. The summed E-state index contributed by atoms with van der Waals surface area (Å²) in [5.41, 5.74) is 3.84. The number of hydrogen-bond acceptors (Lipinski definition) is 5. The van der Waals surface area contributed by atoms with E-state index in [9.17, 15) is 4.79 Å². The molecule has 0 aliphatic rings. The van der Waals surface area contributed by atoms with Crippen LogP contribution >= 0.6 is 23.1 Å². The van der Waals surface area contributed by atoms with Gasteiger partial charge in [-0.3, -0.25) is 4.79 Å². The number of aryl methyl sites for hydroxylation is 1. The Balaban J connectivity index is 1.49.